The van der Waals surface area contributed by atoms with Gasteiger partial charge >= 0.3 is 5.97 Å². The van der Waals surface area contributed by atoms with Crippen LogP contribution < -0.4 is 11.1 Å². The van der Waals surface area contributed by atoms with Crippen LogP contribution in [0.4, 0.5) is 13.2 Å². The van der Waals surface area contributed by atoms with Crippen LogP contribution in [0.2, 0.25) is 0 Å². The first-order valence-electron chi connectivity index (χ1n) is 12.9. The molecule has 4 aromatic rings. The van der Waals surface area contributed by atoms with Gasteiger partial charge < -0.3 is 20.8 Å². The predicted octanol–water partition coefficient (Wildman–Crippen LogP) is 5.11. The van der Waals surface area contributed by atoms with Gasteiger partial charge in [0.1, 0.15) is 29.2 Å². The van der Waals surface area contributed by atoms with E-state index in [1.165, 1.54) is 48.2 Å². The molecule has 9 heteroatoms. The number of nitrogens with one attached hydrogen (secondary N) is 2. The van der Waals surface area contributed by atoms with Crippen molar-refractivity contribution in [1.29, 1.82) is 0 Å². The van der Waals surface area contributed by atoms with Crippen molar-refractivity contribution >= 4 is 11.8 Å². The molecule has 4 N–H and O–H groups in total. The summed E-state index contributed by atoms with van der Waals surface area (Å²) in [6.07, 6.45) is 1.35. The molecule has 1 heterocycles. The van der Waals surface area contributed by atoms with Gasteiger partial charge in [0.2, 0.25) is 0 Å². The Morgan fingerprint density at radius 3 is 2.38 bits per heavy atom. The molecule has 0 radical (unpaired) electrons. The van der Waals surface area contributed by atoms with Crippen LogP contribution in [0.1, 0.15) is 50.0 Å². The molecule has 2 atom stereocenters. The summed E-state index contributed by atoms with van der Waals surface area (Å²) in [4.78, 5) is 28.4. The molecule has 0 aliphatic carbocycles. The zero-order chi connectivity index (χ0) is 28.6. The van der Waals surface area contributed by atoms with E-state index in [0.717, 1.165) is 18.1 Å². The van der Waals surface area contributed by atoms with E-state index in [1.54, 1.807) is 6.07 Å². The third-order valence-electron chi connectivity index (χ3n) is 6.49. The molecule has 0 unspecified atom stereocenters. The van der Waals surface area contributed by atoms with E-state index in [9.17, 15) is 22.8 Å². The number of carbonyl (C=O) groups excluding carboxylic acids is 2. The summed E-state index contributed by atoms with van der Waals surface area (Å²) in [5.74, 6) is -3.52. The highest BCUT2D eigenvalue weighted by atomic mass is 19.1. The summed E-state index contributed by atoms with van der Waals surface area (Å²) >= 11 is 0. The topological polar surface area (TPSA) is 97.2 Å². The average Bonchev–Trinajstić information content (AvgIpc) is 3.42. The Balaban J connectivity index is 1.48. The first-order chi connectivity index (χ1) is 19.2. The van der Waals surface area contributed by atoms with Gasteiger partial charge in [0.15, 0.2) is 5.78 Å². The summed E-state index contributed by atoms with van der Waals surface area (Å²) in [6, 6.07) is 17.2. The molecule has 1 aromatic heterocycles. The zero-order valence-corrected chi connectivity index (χ0v) is 21.9. The van der Waals surface area contributed by atoms with Gasteiger partial charge in [-0.25, -0.2) is 18.0 Å². The number of esters is 1. The Hall–Kier alpha value is -4.21. The van der Waals surface area contributed by atoms with Crippen LogP contribution in [-0.2, 0) is 24.1 Å². The van der Waals surface area contributed by atoms with E-state index >= 15 is 0 Å². The summed E-state index contributed by atoms with van der Waals surface area (Å²) in [7, 11) is 0. The van der Waals surface area contributed by atoms with Gasteiger partial charge in [-0.15, -0.1) is 0 Å². The molecule has 0 spiro atoms. The lowest BCUT2D eigenvalue weighted by molar-refractivity contribution is 0.0232. The highest BCUT2D eigenvalue weighted by molar-refractivity contribution is 6.10. The van der Waals surface area contributed by atoms with Crippen molar-refractivity contribution < 1.29 is 27.5 Å². The van der Waals surface area contributed by atoms with Gasteiger partial charge in [-0.1, -0.05) is 43.3 Å². The van der Waals surface area contributed by atoms with Crippen LogP contribution in [0.25, 0.3) is 0 Å². The minimum Gasteiger partial charge on any atom is -0.455 e. The van der Waals surface area contributed by atoms with E-state index < -0.39 is 41.4 Å². The van der Waals surface area contributed by atoms with E-state index in [1.807, 2.05) is 18.2 Å². The molecule has 3 aromatic carbocycles. The molecule has 0 aliphatic heterocycles. The maximum atomic E-state index is 14.1. The molecule has 0 saturated carbocycles. The second-order valence-electron chi connectivity index (χ2n) is 9.50. The SMILES string of the molecule is CCc1cccc(CNC[C@@H](OC(=O)c2cc(C(=O)c3ccccc3F)c[nH]2)[C@@H](N)Cc2cc(F)cc(F)c2)c1. The normalized spacial score (nSPS) is 12.6. The Morgan fingerprint density at radius 1 is 0.925 bits per heavy atom. The number of aromatic amines is 1. The number of H-pyrrole nitrogens is 1. The fourth-order valence-electron chi connectivity index (χ4n) is 4.38. The van der Waals surface area contributed by atoms with Crippen molar-refractivity contribution in [2.24, 2.45) is 5.73 Å². The average molecular weight is 550 g/mol. The number of hydrogen-bond donors (Lipinski definition) is 3. The number of rotatable bonds is 12. The highest BCUT2D eigenvalue weighted by Gasteiger charge is 2.25. The largest absolute Gasteiger partial charge is 0.455 e. The van der Waals surface area contributed by atoms with E-state index in [2.05, 4.69) is 23.3 Å². The number of hydrogen-bond acceptors (Lipinski definition) is 5. The van der Waals surface area contributed by atoms with Gasteiger partial charge in [0.25, 0.3) is 0 Å². The van der Waals surface area contributed by atoms with Gasteiger partial charge in [-0.05, 0) is 59.9 Å². The molecule has 208 valence electrons. The first-order valence-corrected chi connectivity index (χ1v) is 12.9. The van der Waals surface area contributed by atoms with Crippen molar-refractivity contribution in [1.82, 2.24) is 10.3 Å². The number of benzene rings is 3. The number of ether oxygens (including phenoxy) is 1. The standard InChI is InChI=1S/C31H30F3N3O3/c1-2-19-6-5-7-20(10-19)16-36-18-29(27(35)13-21-11-23(32)15-24(33)12-21)40-31(39)28-14-22(17-37-28)30(38)25-8-3-4-9-26(25)34/h3-12,14-15,17,27,29,36-37H,2,13,16,18,35H2,1H3/t27-,29+/m0/s1. The number of aryl methyl sites for hydroxylation is 1. The van der Waals surface area contributed by atoms with E-state index in [4.69, 9.17) is 10.5 Å². The molecule has 0 saturated heterocycles. The fourth-order valence-corrected chi connectivity index (χ4v) is 4.38. The summed E-state index contributed by atoms with van der Waals surface area (Å²) < 4.78 is 47.3. The van der Waals surface area contributed by atoms with Crippen LogP contribution in [-0.4, -0.2) is 35.4 Å². The third-order valence-corrected chi connectivity index (χ3v) is 6.49. The van der Waals surface area contributed by atoms with Gasteiger partial charge in [0.05, 0.1) is 5.56 Å². The molecular weight excluding hydrogens is 519 g/mol. The predicted molar refractivity (Wildman–Crippen MR) is 145 cm³/mol. The highest BCUT2D eigenvalue weighted by Crippen LogP contribution is 2.17. The number of halogens is 3. The van der Waals surface area contributed by atoms with Crippen LogP contribution in [0.3, 0.4) is 0 Å². The lowest BCUT2D eigenvalue weighted by atomic mass is 10.0. The lowest BCUT2D eigenvalue weighted by Gasteiger charge is -2.25. The molecule has 6 nitrogen and oxygen atoms in total. The molecule has 0 amide bonds. The van der Waals surface area contributed by atoms with Crippen LogP contribution in [0.15, 0.2) is 79.0 Å². The summed E-state index contributed by atoms with van der Waals surface area (Å²) in [6.45, 7) is 2.70. The van der Waals surface area contributed by atoms with Crippen LogP contribution in [0.5, 0.6) is 0 Å². The van der Waals surface area contributed by atoms with Crippen molar-refractivity contribution in [2.75, 3.05) is 6.54 Å². The van der Waals surface area contributed by atoms with E-state index in [0.29, 0.717) is 12.1 Å². The van der Waals surface area contributed by atoms with Crippen molar-refractivity contribution in [2.45, 2.75) is 38.5 Å². The number of carbonyl (C=O) groups is 2. The van der Waals surface area contributed by atoms with Crippen molar-refractivity contribution in [3.05, 3.63) is 130 Å². The Bertz CT molecular complexity index is 1470. The Kier molecular flexibility index (Phi) is 9.52. The minimum absolute atomic E-state index is 0.0238. The minimum atomic E-state index is -0.887. The van der Waals surface area contributed by atoms with Crippen LogP contribution in [0, 0.1) is 17.5 Å². The second kappa shape index (κ2) is 13.2. The smallest absolute Gasteiger partial charge is 0.355 e. The first kappa shape index (κ1) is 28.8. The molecule has 4 rings (SSSR count). The Morgan fingerprint density at radius 2 is 1.65 bits per heavy atom. The maximum absolute atomic E-state index is 14.1. The van der Waals surface area contributed by atoms with Crippen molar-refractivity contribution in [3.63, 3.8) is 0 Å². The van der Waals surface area contributed by atoms with Gasteiger partial charge in [-0.2, -0.15) is 0 Å². The molecular formula is C31H30F3N3O3. The van der Waals surface area contributed by atoms with Crippen molar-refractivity contribution in [3.8, 4) is 0 Å². The third kappa shape index (κ3) is 7.46. The Labute approximate surface area is 230 Å². The monoisotopic (exact) mass is 549 g/mol. The molecule has 40 heavy (non-hydrogen) atoms. The lowest BCUT2D eigenvalue weighted by Crippen LogP contribution is -2.46. The summed E-state index contributed by atoms with van der Waals surface area (Å²) in [5.41, 5.74) is 8.85. The number of aromatic nitrogens is 1. The number of nitrogens with two attached hydrogens (primary N) is 1. The quantitative estimate of drug-likeness (QED) is 0.169. The zero-order valence-electron chi connectivity index (χ0n) is 21.9. The number of ketones is 1. The maximum Gasteiger partial charge on any atom is 0.355 e. The second-order valence-corrected chi connectivity index (χ2v) is 9.50. The summed E-state index contributed by atoms with van der Waals surface area (Å²) in [5, 5.41) is 3.24. The fraction of sp³-hybridized carbons (Fsp3) is 0.226. The van der Waals surface area contributed by atoms with Gasteiger partial charge in [0, 0.05) is 37.0 Å². The molecule has 0 fully saturated rings. The van der Waals surface area contributed by atoms with Crippen LogP contribution >= 0.6 is 0 Å². The molecule has 0 bridgehead atoms. The van der Waals surface area contributed by atoms with E-state index in [-0.39, 0.29) is 29.8 Å². The molecule has 0 aliphatic rings. The van der Waals surface area contributed by atoms with Gasteiger partial charge in [-0.3, -0.25) is 4.79 Å².